The standard InChI is InChI=1S/C28H38FN3O4/c1-4-6-16-35-21-24(33)19-31(15-17-34-3)20-26-27(5-2)30-32(23-12-8-7-9-13-23)28(26)36-25-14-10-11-22(29)18-25/h7-14,18,24,33H,4-6,15-17,19-21H2,1-3H3. The number of aliphatic hydroxyl groups is 1. The summed E-state index contributed by atoms with van der Waals surface area (Å²) in [5, 5.41) is 15.5. The van der Waals surface area contributed by atoms with E-state index >= 15 is 0 Å². The molecule has 0 aliphatic carbocycles. The van der Waals surface area contributed by atoms with Crippen LogP contribution >= 0.6 is 0 Å². The van der Waals surface area contributed by atoms with Crippen molar-refractivity contribution in [3.05, 3.63) is 71.7 Å². The molecule has 1 unspecified atom stereocenters. The lowest BCUT2D eigenvalue weighted by molar-refractivity contribution is 0.0100. The zero-order valence-electron chi connectivity index (χ0n) is 21.5. The van der Waals surface area contributed by atoms with Gasteiger partial charge >= 0.3 is 0 Å². The van der Waals surface area contributed by atoms with Crippen LogP contribution in [-0.2, 0) is 22.4 Å². The maximum atomic E-state index is 13.9. The van der Waals surface area contributed by atoms with Gasteiger partial charge in [-0.05, 0) is 37.1 Å². The number of aromatic nitrogens is 2. The Labute approximate surface area is 213 Å². The summed E-state index contributed by atoms with van der Waals surface area (Å²) in [6.45, 7) is 7.09. The first-order valence-electron chi connectivity index (χ1n) is 12.6. The molecular weight excluding hydrogens is 461 g/mol. The Morgan fingerprint density at radius 3 is 2.58 bits per heavy atom. The van der Waals surface area contributed by atoms with Gasteiger partial charge < -0.3 is 19.3 Å². The van der Waals surface area contributed by atoms with Crippen molar-refractivity contribution in [2.45, 2.75) is 45.8 Å². The first-order valence-corrected chi connectivity index (χ1v) is 12.6. The maximum absolute atomic E-state index is 13.9. The van der Waals surface area contributed by atoms with Gasteiger partial charge in [-0.25, -0.2) is 9.07 Å². The van der Waals surface area contributed by atoms with Gasteiger partial charge in [0.1, 0.15) is 11.6 Å². The third-order valence-electron chi connectivity index (χ3n) is 5.78. The van der Waals surface area contributed by atoms with Gasteiger partial charge in [-0.15, -0.1) is 0 Å². The molecule has 0 saturated heterocycles. The number of aryl methyl sites for hydroxylation is 1. The van der Waals surface area contributed by atoms with Crippen molar-refractivity contribution in [2.75, 3.05) is 40.0 Å². The molecule has 196 valence electrons. The van der Waals surface area contributed by atoms with Crippen molar-refractivity contribution in [1.82, 2.24) is 14.7 Å². The van der Waals surface area contributed by atoms with Crippen LogP contribution in [0, 0.1) is 5.82 Å². The minimum absolute atomic E-state index is 0.278. The van der Waals surface area contributed by atoms with Gasteiger partial charge in [0.05, 0.1) is 36.3 Å². The number of unbranched alkanes of at least 4 members (excludes halogenated alkanes) is 1. The second-order valence-electron chi connectivity index (χ2n) is 8.70. The fraction of sp³-hybridized carbons (Fsp3) is 0.464. The summed E-state index contributed by atoms with van der Waals surface area (Å²) in [5.74, 6) is 0.548. The lowest BCUT2D eigenvalue weighted by Crippen LogP contribution is -2.36. The van der Waals surface area contributed by atoms with E-state index in [2.05, 4.69) is 11.8 Å². The van der Waals surface area contributed by atoms with Crippen LogP contribution in [0.25, 0.3) is 5.69 Å². The summed E-state index contributed by atoms with van der Waals surface area (Å²) in [6, 6.07) is 15.8. The Morgan fingerprint density at radius 2 is 1.89 bits per heavy atom. The Hall–Kier alpha value is -2.78. The molecule has 0 aliphatic rings. The number of hydrogen-bond acceptors (Lipinski definition) is 6. The van der Waals surface area contributed by atoms with Gasteiger partial charge in [-0.3, -0.25) is 4.90 Å². The van der Waals surface area contributed by atoms with Crippen LogP contribution in [0.4, 0.5) is 4.39 Å². The molecule has 1 N–H and O–H groups in total. The molecule has 0 spiro atoms. The number of aliphatic hydroxyl groups excluding tert-OH is 1. The fourth-order valence-electron chi connectivity index (χ4n) is 3.91. The van der Waals surface area contributed by atoms with Crippen LogP contribution in [0.1, 0.15) is 37.9 Å². The number of rotatable bonds is 16. The summed E-state index contributed by atoms with van der Waals surface area (Å²) in [7, 11) is 1.66. The first-order chi connectivity index (χ1) is 17.5. The first kappa shape index (κ1) is 27.8. The predicted octanol–water partition coefficient (Wildman–Crippen LogP) is 4.99. The molecule has 7 nitrogen and oxygen atoms in total. The van der Waals surface area contributed by atoms with Gasteiger partial charge in [-0.2, -0.15) is 5.10 Å². The SMILES string of the molecule is CCCCOCC(O)CN(CCOC)Cc1c(CC)nn(-c2ccccc2)c1Oc1cccc(F)c1. The van der Waals surface area contributed by atoms with Crippen molar-refractivity contribution >= 4 is 0 Å². The van der Waals surface area contributed by atoms with E-state index in [4.69, 9.17) is 19.3 Å². The fourth-order valence-corrected chi connectivity index (χ4v) is 3.91. The molecule has 1 heterocycles. The Morgan fingerprint density at radius 1 is 1.08 bits per heavy atom. The molecule has 2 aromatic carbocycles. The highest BCUT2D eigenvalue weighted by Gasteiger charge is 2.24. The molecule has 1 atom stereocenters. The zero-order chi connectivity index (χ0) is 25.8. The normalized spacial score (nSPS) is 12.3. The number of nitrogens with zero attached hydrogens (tertiary/aromatic N) is 3. The van der Waals surface area contributed by atoms with E-state index in [-0.39, 0.29) is 12.4 Å². The molecule has 0 saturated carbocycles. The Balaban J connectivity index is 1.92. The Kier molecular flexibility index (Phi) is 11.4. The van der Waals surface area contributed by atoms with E-state index in [0.717, 1.165) is 29.8 Å². The molecule has 36 heavy (non-hydrogen) atoms. The summed E-state index contributed by atoms with van der Waals surface area (Å²) < 4.78 is 32.9. The van der Waals surface area contributed by atoms with Gasteiger partial charge in [0.2, 0.25) is 5.88 Å². The van der Waals surface area contributed by atoms with Crippen LogP contribution in [0.15, 0.2) is 54.6 Å². The van der Waals surface area contributed by atoms with Gasteiger partial charge in [0, 0.05) is 39.4 Å². The van der Waals surface area contributed by atoms with E-state index in [9.17, 15) is 9.50 Å². The highest BCUT2D eigenvalue weighted by Crippen LogP contribution is 2.32. The molecule has 0 fully saturated rings. The van der Waals surface area contributed by atoms with E-state index in [1.165, 1.54) is 12.1 Å². The van der Waals surface area contributed by atoms with Crippen molar-refractivity contribution in [3.8, 4) is 17.3 Å². The van der Waals surface area contributed by atoms with Crippen molar-refractivity contribution in [1.29, 1.82) is 0 Å². The average molecular weight is 500 g/mol. The minimum Gasteiger partial charge on any atom is -0.438 e. The number of para-hydroxylation sites is 1. The van der Waals surface area contributed by atoms with Crippen molar-refractivity contribution in [3.63, 3.8) is 0 Å². The third kappa shape index (κ3) is 8.13. The van der Waals surface area contributed by atoms with Crippen molar-refractivity contribution in [2.24, 2.45) is 0 Å². The van der Waals surface area contributed by atoms with Gasteiger partial charge in [0.25, 0.3) is 0 Å². The van der Waals surface area contributed by atoms with Crippen LogP contribution in [-0.4, -0.2) is 65.9 Å². The predicted molar refractivity (Wildman–Crippen MR) is 138 cm³/mol. The molecule has 0 amide bonds. The smallest absolute Gasteiger partial charge is 0.227 e. The Bertz CT molecular complexity index is 1040. The minimum atomic E-state index is -0.638. The molecular formula is C28H38FN3O4. The zero-order valence-corrected chi connectivity index (χ0v) is 21.5. The number of ether oxygens (including phenoxy) is 3. The summed E-state index contributed by atoms with van der Waals surface area (Å²) in [5.41, 5.74) is 2.61. The number of halogens is 1. The van der Waals surface area contributed by atoms with Crippen LogP contribution < -0.4 is 4.74 Å². The van der Waals surface area contributed by atoms with Gasteiger partial charge in [-0.1, -0.05) is 44.5 Å². The van der Waals surface area contributed by atoms with Crippen LogP contribution in [0.2, 0.25) is 0 Å². The van der Waals surface area contributed by atoms with Gasteiger partial charge in [0.15, 0.2) is 0 Å². The monoisotopic (exact) mass is 499 g/mol. The number of hydrogen-bond donors (Lipinski definition) is 1. The number of methoxy groups -OCH3 is 1. The van der Waals surface area contributed by atoms with Crippen LogP contribution in [0.3, 0.4) is 0 Å². The van der Waals surface area contributed by atoms with E-state index in [1.807, 2.05) is 37.3 Å². The molecule has 3 rings (SSSR count). The molecule has 8 heteroatoms. The summed E-state index contributed by atoms with van der Waals surface area (Å²) in [4.78, 5) is 2.11. The van der Waals surface area contributed by atoms with E-state index < -0.39 is 6.10 Å². The van der Waals surface area contributed by atoms with E-state index in [0.29, 0.717) is 50.9 Å². The van der Waals surface area contributed by atoms with Crippen LogP contribution in [0.5, 0.6) is 11.6 Å². The summed E-state index contributed by atoms with van der Waals surface area (Å²) in [6.07, 6.45) is 2.07. The highest BCUT2D eigenvalue weighted by molar-refractivity contribution is 5.43. The highest BCUT2D eigenvalue weighted by atomic mass is 19.1. The number of benzene rings is 2. The maximum Gasteiger partial charge on any atom is 0.227 e. The molecule has 0 radical (unpaired) electrons. The second-order valence-corrected chi connectivity index (χ2v) is 8.70. The lowest BCUT2D eigenvalue weighted by Gasteiger charge is -2.25. The second kappa shape index (κ2) is 14.7. The topological polar surface area (TPSA) is 69.0 Å². The molecule has 3 aromatic rings. The quantitative estimate of drug-likeness (QED) is 0.280. The summed E-state index contributed by atoms with van der Waals surface area (Å²) >= 11 is 0. The lowest BCUT2D eigenvalue weighted by atomic mass is 10.1. The van der Waals surface area contributed by atoms with Crippen molar-refractivity contribution < 1.29 is 23.7 Å². The largest absolute Gasteiger partial charge is 0.438 e. The van der Waals surface area contributed by atoms with E-state index in [1.54, 1.807) is 23.9 Å². The molecule has 0 bridgehead atoms. The molecule has 1 aromatic heterocycles. The molecule has 0 aliphatic heterocycles. The third-order valence-corrected chi connectivity index (χ3v) is 5.78. The average Bonchev–Trinajstić information content (AvgIpc) is 3.22.